The molecule has 6 aromatic rings. The Morgan fingerprint density at radius 2 is 0.973 bits per heavy atom. The number of benzene rings is 6. The van der Waals surface area contributed by atoms with Gasteiger partial charge in [0.1, 0.15) is 0 Å². The molecule has 0 saturated heterocycles. The molecule has 1 aliphatic rings. The fraction of sp³-hybridized carbons (Fsp3) is 0.0270. The van der Waals surface area contributed by atoms with Gasteiger partial charge < -0.3 is 0 Å². The first-order valence-corrected chi connectivity index (χ1v) is 12.9. The van der Waals surface area contributed by atoms with Gasteiger partial charge in [-0.1, -0.05) is 152 Å². The summed E-state index contributed by atoms with van der Waals surface area (Å²) in [6.07, 6.45) is 0. The molecule has 0 aliphatic heterocycles. The Morgan fingerprint density at radius 3 is 1.62 bits per heavy atom. The number of allylic oxidation sites excluding steroid dienone is 1. The van der Waals surface area contributed by atoms with E-state index < -0.39 is 0 Å². The minimum Gasteiger partial charge on any atom is -0.0622 e. The van der Waals surface area contributed by atoms with E-state index in [-0.39, 0.29) is 5.92 Å². The molecule has 0 N–H and O–H groups in total. The van der Waals surface area contributed by atoms with E-state index >= 15 is 0 Å². The van der Waals surface area contributed by atoms with Gasteiger partial charge in [-0.2, -0.15) is 0 Å². The topological polar surface area (TPSA) is 0 Å². The normalized spacial score (nSPS) is 14.6. The van der Waals surface area contributed by atoms with Gasteiger partial charge in [-0.3, -0.25) is 0 Å². The quantitative estimate of drug-likeness (QED) is 0.241. The van der Waals surface area contributed by atoms with Crippen LogP contribution in [-0.2, 0) is 0 Å². The molecule has 0 fully saturated rings. The molecule has 0 bridgehead atoms. The lowest BCUT2D eigenvalue weighted by molar-refractivity contribution is 1.05. The number of hydrogen-bond acceptors (Lipinski definition) is 0. The second-order valence-corrected chi connectivity index (χ2v) is 9.66. The van der Waals surface area contributed by atoms with Crippen molar-refractivity contribution in [1.82, 2.24) is 0 Å². The maximum absolute atomic E-state index is 2.34. The zero-order chi connectivity index (χ0) is 24.6. The third kappa shape index (κ3) is 3.61. The standard InChI is InChI=1S/C37H26/c1-5-14-26(15-6-1)31-25-24-30-22-13-23-32-33(27-16-7-2-8-17-27)35(28-18-9-3-10-19-28)36(37(31)34(30)32)29-20-11-4-12-21-29/h1-25,33H. The minimum atomic E-state index is 0.126. The molecule has 1 unspecified atom stereocenters. The van der Waals surface area contributed by atoms with E-state index in [9.17, 15) is 0 Å². The Morgan fingerprint density at radius 1 is 0.405 bits per heavy atom. The van der Waals surface area contributed by atoms with Crippen LogP contribution in [0, 0.1) is 0 Å². The summed E-state index contributed by atoms with van der Waals surface area (Å²) >= 11 is 0. The van der Waals surface area contributed by atoms with Crippen molar-refractivity contribution >= 4 is 21.9 Å². The SMILES string of the molecule is c1ccc(C2=C(c3ccccc3)C(c3ccccc3)c3cccc4ccc(-c5ccccc5)c2c34)cc1. The first-order valence-electron chi connectivity index (χ1n) is 12.9. The van der Waals surface area contributed by atoms with Crippen molar-refractivity contribution in [3.05, 3.63) is 179 Å². The van der Waals surface area contributed by atoms with E-state index in [0.717, 1.165) is 0 Å². The Bertz CT molecular complexity index is 1730. The second-order valence-electron chi connectivity index (χ2n) is 9.66. The van der Waals surface area contributed by atoms with Gasteiger partial charge in [0, 0.05) is 5.92 Å². The zero-order valence-corrected chi connectivity index (χ0v) is 20.5. The highest BCUT2D eigenvalue weighted by molar-refractivity contribution is 6.16. The van der Waals surface area contributed by atoms with Crippen molar-refractivity contribution in [2.24, 2.45) is 0 Å². The van der Waals surface area contributed by atoms with Gasteiger partial charge in [-0.05, 0) is 60.9 Å². The lowest BCUT2D eigenvalue weighted by Gasteiger charge is -2.34. The largest absolute Gasteiger partial charge is 0.0622 e. The van der Waals surface area contributed by atoms with E-state index in [4.69, 9.17) is 0 Å². The van der Waals surface area contributed by atoms with Crippen LogP contribution >= 0.6 is 0 Å². The van der Waals surface area contributed by atoms with Gasteiger partial charge in [-0.15, -0.1) is 0 Å². The number of rotatable bonds is 4. The maximum Gasteiger partial charge on any atom is 0.0358 e. The summed E-state index contributed by atoms with van der Waals surface area (Å²) in [7, 11) is 0. The van der Waals surface area contributed by atoms with Crippen LogP contribution < -0.4 is 0 Å². The monoisotopic (exact) mass is 470 g/mol. The maximum atomic E-state index is 2.34. The highest BCUT2D eigenvalue weighted by Crippen LogP contribution is 2.54. The molecule has 0 nitrogen and oxygen atoms in total. The Balaban J connectivity index is 1.70. The average molecular weight is 471 g/mol. The third-order valence-corrected chi connectivity index (χ3v) is 7.56. The molecule has 0 aromatic heterocycles. The molecular formula is C37H26. The van der Waals surface area contributed by atoms with Crippen molar-refractivity contribution < 1.29 is 0 Å². The van der Waals surface area contributed by atoms with Crippen molar-refractivity contribution in [2.45, 2.75) is 5.92 Å². The first-order chi connectivity index (χ1) is 18.4. The molecule has 37 heavy (non-hydrogen) atoms. The first kappa shape index (κ1) is 21.6. The van der Waals surface area contributed by atoms with Crippen LogP contribution in [0.25, 0.3) is 33.0 Å². The predicted molar refractivity (Wildman–Crippen MR) is 156 cm³/mol. The van der Waals surface area contributed by atoms with E-state index in [2.05, 4.69) is 152 Å². The summed E-state index contributed by atoms with van der Waals surface area (Å²) < 4.78 is 0. The molecule has 7 rings (SSSR count). The smallest absolute Gasteiger partial charge is 0.0358 e. The lowest BCUT2D eigenvalue weighted by Crippen LogP contribution is -2.14. The van der Waals surface area contributed by atoms with Crippen LogP contribution in [0.3, 0.4) is 0 Å². The molecule has 1 aliphatic carbocycles. The van der Waals surface area contributed by atoms with Crippen molar-refractivity contribution in [2.75, 3.05) is 0 Å². The van der Waals surface area contributed by atoms with Crippen molar-refractivity contribution in [3.8, 4) is 11.1 Å². The molecule has 0 spiro atoms. The van der Waals surface area contributed by atoms with Crippen molar-refractivity contribution in [3.63, 3.8) is 0 Å². The van der Waals surface area contributed by atoms with E-state index in [0.29, 0.717) is 0 Å². The van der Waals surface area contributed by atoms with Crippen LogP contribution in [-0.4, -0.2) is 0 Å². The Hall–Kier alpha value is -4.68. The highest BCUT2D eigenvalue weighted by Gasteiger charge is 2.33. The van der Waals surface area contributed by atoms with Gasteiger partial charge in [-0.25, -0.2) is 0 Å². The molecular weight excluding hydrogens is 444 g/mol. The molecule has 0 heteroatoms. The zero-order valence-electron chi connectivity index (χ0n) is 20.5. The van der Waals surface area contributed by atoms with Gasteiger partial charge in [0.25, 0.3) is 0 Å². The fourth-order valence-electron chi connectivity index (χ4n) is 6.03. The summed E-state index contributed by atoms with van der Waals surface area (Å²) in [5.41, 5.74) is 11.7. The average Bonchev–Trinajstić information content (AvgIpc) is 2.99. The van der Waals surface area contributed by atoms with Crippen LogP contribution in [0.2, 0.25) is 0 Å². The predicted octanol–water partition coefficient (Wildman–Crippen LogP) is 9.61. The van der Waals surface area contributed by atoms with Crippen LogP contribution in [0.5, 0.6) is 0 Å². The summed E-state index contributed by atoms with van der Waals surface area (Å²) in [6.45, 7) is 0. The third-order valence-electron chi connectivity index (χ3n) is 7.56. The van der Waals surface area contributed by atoms with Gasteiger partial charge in [0.2, 0.25) is 0 Å². The van der Waals surface area contributed by atoms with Crippen LogP contribution in [0.15, 0.2) is 152 Å². The Labute approximate surface area is 218 Å². The van der Waals surface area contributed by atoms with Crippen molar-refractivity contribution in [1.29, 1.82) is 0 Å². The van der Waals surface area contributed by atoms with Crippen LogP contribution in [0.1, 0.15) is 33.7 Å². The molecule has 0 radical (unpaired) electrons. The molecule has 0 heterocycles. The van der Waals surface area contributed by atoms with Gasteiger partial charge in [0.05, 0.1) is 0 Å². The van der Waals surface area contributed by atoms with E-state index in [1.165, 1.54) is 60.9 Å². The fourth-order valence-corrected chi connectivity index (χ4v) is 6.03. The molecule has 0 amide bonds. The van der Waals surface area contributed by atoms with E-state index in [1.807, 2.05) is 0 Å². The summed E-state index contributed by atoms with van der Waals surface area (Å²) in [6, 6.07) is 55.2. The summed E-state index contributed by atoms with van der Waals surface area (Å²) in [5, 5.41) is 2.64. The Kier molecular flexibility index (Phi) is 5.30. The molecule has 6 aromatic carbocycles. The lowest BCUT2D eigenvalue weighted by atomic mass is 9.69. The highest BCUT2D eigenvalue weighted by atomic mass is 14.4. The number of hydrogen-bond donors (Lipinski definition) is 0. The summed E-state index contributed by atoms with van der Waals surface area (Å²) in [4.78, 5) is 0. The van der Waals surface area contributed by atoms with Gasteiger partial charge in [0.15, 0.2) is 0 Å². The molecule has 0 saturated carbocycles. The summed E-state index contributed by atoms with van der Waals surface area (Å²) in [5.74, 6) is 0.126. The van der Waals surface area contributed by atoms with Crippen LogP contribution in [0.4, 0.5) is 0 Å². The van der Waals surface area contributed by atoms with Gasteiger partial charge >= 0.3 is 0 Å². The molecule has 1 atom stereocenters. The van der Waals surface area contributed by atoms with E-state index in [1.54, 1.807) is 0 Å². The molecule has 174 valence electrons. The second kappa shape index (κ2) is 9.08. The minimum absolute atomic E-state index is 0.126.